The fourth-order valence-electron chi connectivity index (χ4n) is 3.89. The normalized spacial score (nSPS) is 14.6. The van der Waals surface area contributed by atoms with Gasteiger partial charge in [0.25, 0.3) is 0 Å². The first-order valence-electron chi connectivity index (χ1n) is 9.93. The molecular formula is C24H27N3O. The number of hydrogen-bond acceptors (Lipinski definition) is 3. The molecule has 28 heavy (non-hydrogen) atoms. The van der Waals surface area contributed by atoms with E-state index < -0.39 is 0 Å². The summed E-state index contributed by atoms with van der Waals surface area (Å²) in [6.07, 6.45) is 0. The van der Waals surface area contributed by atoms with E-state index in [-0.39, 0.29) is 5.91 Å². The fraction of sp³-hybridized carbons (Fsp3) is 0.292. The van der Waals surface area contributed by atoms with E-state index in [1.54, 1.807) is 0 Å². The van der Waals surface area contributed by atoms with Gasteiger partial charge in [-0.25, -0.2) is 0 Å². The lowest BCUT2D eigenvalue weighted by molar-refractivity contribution is -0.132. The zero-order chi connectivity index (χ0) is 19.3. The Morgan fingerprint density at radius 2 is 1.54 bits per heavy atom. The van der Waals surface area contributed by atoms with Crippen molar-refractivity contribution < 1.29 is 4.79 Å². The highest BCUT2D eigenvalue weighted by molar-refractivity contribution is 5.83. The number of amides is 1. The number of nitrogens with zero attached hydrogens (tertiary/aromatic N) is 3. The average molecular weight is 374 g/mol. The molecule has 144 valence electrons. The van der Waals surface area contributed by atoms with Crippen LogP contribution in [-0.2, 0) is 11.3 Å². The van der Waals surface area contributed by atoms with Crippen LogP contribution in [0.1, 0.15) is 5.56 Å². The summed E-state index contributed by atoms with van der Waals surface area (Å²) in [7, 11) is 2.02. The summed E-state index contributed by atoms with van der Waals surface area (Å²) < 4.78 is 0. The Balaban J connectivity index is 1.29. The second-order valence-electron chi connectivity index (χ2n) is 7.56. The number of benzene rings is 3. The van der Waals surface area contributed by atoms with E-state index in [0.717, 1.165) is 32.7 Å². The predicted molar refractivity (Wildman–Crippen MR) is 116 cm³/mol. The van der Waals surface area contributed by atoms with Crippen LogP contribution in [0, 0.1) is 0 Å². The molecule has 1 saturated heterocycles. The molecule has 4 rings (SSSR count). The van der Waals surface area contributed by atoms with Crippen molar-refractivity contribution in [1.29, 1.82) is 0 Å². The molecule has 0 aromatic heterocycles. The van der Waals surface area contributed by atoms with Gasteiger partial charge in [-0.3, -0.25) is 9.69 Å². The Morgan fingerprint density at radius 3 is 2.29 bits per heavy atom. The number of anilines is 1. The van der Waals surface area contributed by atoms with Crippen molar-refractivity contribution in [2.24, 2.45) is 0 Å². The fourth-order valence-corrected chi connectivity index (χ4v) is 3.89. The Kier molecular flexibility index (Phi) is 5.58. The van der Waals surface area contributed by atoms with Crippen molar-refractivity contribution in [2.45, 2.75) is 6.54 Å². The van der Waals surface area contributed by atoms with Crippen LogP contribution in [-0.4, -0.2) is 55.5 Å². The van der Waals surface area contributed by atoms with Gasteiger partial charge in [-0.05, 0) is 41.6 Å². The van der Waals surface area contributed by atoms with Crippen molar-refractivity contribution in [1.82, 2.24) is 9.80 Å². The zero-order valence-corrected chi connectivity index (χ0v) is 16.4. The van der Waals surface area contributed by atoms with Crippen LogP contribution in [0.3, 0.4) is 0 Å². The van der Waals surface area contributed by atoms with Crippen LogP contribution in [0.15, 0.2) is 72.8 Å². The topological polar surface area (TPSA) is 26.8 Å². The summed E-state index contributed by atoms with van der Waals surface area (Å²) >= 11 is 0. The van der Waals surface area contributed by atoms with Gasteiger partial charge in [0.15, 0.2) is 0 Å². The van der Waals surface area contributed by atoms with Crippen LogP contribution in [0.5, 0.6) is 0 Å². The standard InChI is InChI=1S/C24H27N3O/c1-25(18-20-11-12-21-7-5-6-8-22(21)17-20)19-24(28)27-15-13-26(14-16-27)23-9-3-2-4-10-23/h2-12,17H,13-16,18-19H2,1H3. The molecule has 0 N–H and O–H groups in total. The third kappa shape index (κ3) is 4.34. The average Bonchev–Trinajstić information content (AvgIpc) is 2.74. The molecule has 3 aromatic rings. The van der Waals surface area contributed by atoms with E-state index >= 15 is 0 Å². The summed E-state index contributed by atoms with van der Waals surface area (Å²) in [5.41, 5.74) is 2.48. The minimum atomic E-state index is 0.219. The van der Waals surface area contributed by atoms with Crippen LogP contribution in [0.2, 0.25) is 0 Å². The van der Waals surface area contributed by atoms with Gasteiger partial charge in [-0.15, -0.1) is 0 Å². The van der Waals surface area contributed by atoms with Crippen molar-refractivity contribution >= 4 is 22.4 Å². The predicted octanol–water partition coefficient (Wildman–Crippen LogP) is 3.62. The van der Waals surface area contributed by atoms with E-state index in [2.05, 4.69) is 76.5 Å². The van der Waals surface area contributed by atoms with Crippen LogP contribution in [0.4, 0.5) is 5.69 Å². The number of carbonyl (C=O) groups excluding carboxylic acids is 1. The highest BCUT2D eigenvalue weighted by Crippen LogP contribution is 2.17. The Hall–Kier alpha value is -2.85. The Morgan fingerprint density at radius 1 is 0.857 bits per heavy atom. The SMILES string of the molecule is CN(CC(=O)N1CCN(c2ccccc2)CC1)Cc1ccc2ccccc2c1. The number of carbonyl (C=O) groups is 1. The molecule has 4 nitrogen and oxygen atoms in total. The van der Waals surface area contributed by atoms with Gasteiger partial charge in [0.1, 0.15) is 0 Å². The first-order valence-corrected chi connectivity index (χ1v) is 9.93. The minimum absolute atomic E-state index is 0.219. The van der Waals surface area contributed by atoms with E-state index in [4.69, 9.17) is 0 Å². The number of rotatable bonds is 5. The van der Waals surface area contributed by atoms with Crippen LogP contribution < -0.4 is 4.90 Å². The first kappa shape index (κ1) is 18.5. The maximum absolute atomic E-state index is 12.7. The first-order chi connectivity index (χ1) is 13.7. The summed E-state index contributed by atoms with van der Waals surface area (Å²) in [5.74, 6) is 0.219. The van der Waals surface area contributed by atoms with Gasteiger partial charge in [-0.1, -0.05) is 54.6 Å². The largest absolute Gasteiger partial charge is 0.368 e. The maximum Gasteiger partial charge on any atom is 0.236 e. The number of para-hydroxylation sites is 1. The highest BCUT2D eigenvalue weighted by Gasteiger charge is 2.22. The number of likely N-dealkylation sites (N-methyl/N-ethyl adjacent to an activating group) is 1. The smallest absolute Gasteiger partial charge is 0.236 e. The second kappa shape index (κ2) is 8.44. The maximum atomic E-state index is 12.7. The van der Waals surface area contributed by atoms with E-state index in [1.165, 1.54) is 22.0 Å². The lowest BCUT2D eigenvalue weighted by Gasteiger charge is -2.36. The van der Waals surface area contributed by atoms with E-state index in [0.29, 0.717) is 6.54 Å². The molecular weight excluding hydrogens is 346 g/mol. The third-order valence-electron chi connectivity index (χ3n) is 5.43. The molecule has 3 aromatic carbocycles. The monoisotopic (exact) mass is 373 g/mol. The highest BCUT2D eigenvalue weighted by atomic mass is 16.2. The van der Waals surface area contributed by atoms with Crippen molar-refractivity contribution in [3.8, 4) is 0 Å². The van der Waals surface area contributed by atoms with Gasteiger partial charge in [-0.2, -0.15) is 0 Å². The zero-order valence-electron chi connectivity index (χ0n) is 16.4. The van der Waals surface area contributed by atoms with Crippen molar-refractivity contribution in [3.05, 3.63) is 78.4 Å². The Bertz CT molecular complexity index is 933. The molecule has 1 aliphatic rings. The van der Waals surface area contributed by atoms with E-state index in [9.17, 15) is 4.79 Å². The molecule has 0 spiro atoms. The van der Waals surface area contributed by atoms with Gasteiger partial charge in [0, 0.05) is 38.4 Å². The molecule has 0 unspecified atom stereocenters. The van der Waals surface area contributed by atoms with Crippen molar-refractivity contribution in [3.63, 3.8) is 0 Å². The Labute approximate surface area is 167 Å². The minimum Gasteiger partial charge on any atom is -0.368 e. The molecule has 1 aliphatic heterocycles. The molecule has 0 radical (unpaired) electrons. The number of piperazine rings is 1. The molecule has 1 fully saturated rings. The van der Waals surface area contributed by atoms with Crippen LogP contribution in [0.25, 0.3) is 10.8 Å². The summed E-state index contributed by atoms with van der Waals surface area (Å²) in [5, 5.41) is 2.50. The quantitative estimate of drug-likeness (QED) is 0.683. The summed E-state index contributed by atoms with van der Waals surface area (Å²) in [6, 6.07) is 25.3. The van der Waals surface area contributed by atoms with Crippen LogP contribution >= 0.6 is 0 Å². The summed E-state index contributed by atoms with van der Waals surface area (Å²) in [6.45, 7) is 4.60. The number of hydrogen-bond donors (Lipinski definition) is 0. The van der Waals surface area contributed by atoms with Gasteiger partial charge in [0.2, 0.25) is 5.91 Å². The van der Waals surface area contributed by atoms with Gasteiger partial charge in [0.05, 0.1) is 6.54 Å². The van der Waals surface area contributed by atoms with Gasteiger partial charge >= 0.3 is 0 Å². The number of fused-ring (bicyclic) bond motifs is 1. The summed E-state index contributed by atoms with van der Waals surface area (Å²) in [4.78, 5) is 19.2. The lowest BCUT2D eigenvalue weighted by Crippen LogP contribution is -2.51. The molecule has 0 aliphatic carbocycles. The molecule has 4 heteroatoms. The molecule has 0 bridgehead atoms. The van der Waals surface area contributed by atoms with Crippen molar-refractivity contribution in [2.75, 3.05) is 44.7 Å². The second-order valence-corrected chi connectivity index (χ2v) is 7.56. The molecule has 1 amide bonds. The molecule has 0 atom stereocenters. The lowest BCUT2D eigenvalue weighted by atomic mass is 10.1. The van der Waals surface area contributed by atoms with Gasteiger partial charge < -0.3 is 9.80 Å². The third-order valence-corrected chi connectivity index (χ3v) is 5.43. The molecule has 0 saturated carbocycles. The van der Waals surface area contributed by atoms with E-state index in [1.807, 2.05) is 18.0 Å². The molecule has 1 heterocycles.